The van der Waals surface area contributed by atoms with Crippen LogP contribution in [0.1, 0.15) is 194 Å². The van der Waals surface area contributed by atoms with Crippen molar-refractivity contribution < 1.29 is 41.9 Å². The van der Waals surface area contributed by atoms with Crippen LogP contribution >= 0.6 is 0 Å². The third-order valence-electron chi connectivity index (χ3n) is 12.0. The fourth-order valence-corrected chi connectivity index (χ4v) is 8.61. The molecule has 8 heteroatoms. The van der Waals surface area contributed by atoms with Crippen LogP contribution in [0, 0.1) is 0 Å². The molecule has 0 aliphatic heterocycles. The Balaban J connectivity index is 0.00000400. The van der Waals surface area contributed by atoms with Gasteiger partial charge in [0.1, 0.15) is 11.4 Å². The van der Waals surface area contributed by atoms with Gasteiger partial charge in [-0.2, -0.15) is 0 Å². The molecule has 2 aromatic carbocycles. The Labute approximate surface area is 382 Å². The number of hydrogen-bond acceptors (Lipinski definition) is 3. The maximum atomic E-state index is 5.29. The molecule has 0 radical (unpaired) electrons. The topological polar surface area (TPSA) is 48.5 Å². The molecule has 59 heavy (non-hydrogen) atoms. The number of aryl methyl sites for hydroxylation is 2. The maximum Gasteiger partial charge on any atom is 2.00 e. The van der Waals surface area contributed by atoms with Crippen molar-refractivity contribution in [1.82, 2.24) is 24.1 Å². The number of unbranched alkanes of at least 4 members (excludes halogenated alkanes) is 26. The number of pyridine rings is 1. The Kier molecular flexibility index (Phi) is 28.9. The van der Waals surface area contributed by atoms with Gasteiger partial charge in [0.05, 0.1) is 22.1 Å². The zero-order valence-electron chi connectivity index (χ0n) is 36.9. The fraction of sp³-hybridized carbons (Fsp3) is 0.627. The van der Waals surface area contributed by atoms with Crippen LogP contribution in [0.2, 0.25) is 0 Å². The first-order valence-electron chi connectivity index (χ1n) is 23.7. The van der Waals surface area contributed by atoms with Crippen LogP contribution in [-0.2, 0) is 30.2 Å². The van der Waals surface area contributed by atoms with E-state index in [9.17, 15) is 0 Å². The van der Waals surface area contributed by atoms with E-state index in [1.807, 2.05) is 0 Å². The van der Waals surface area contributed by atoms with Crippen molar-refractivity contribution in [2.75, 3.05) is 0 Å². The molecular weight excluding hydrogens is 809 g/mol. The van der Waals surface area contributed by atoms with Crippen molar-refractivity contribution in [1.29, 1.82) is 0 Å². The van der Waals surface area contributed by atoms with E-state index in [1.165, 1.54) is 191 Å². The number of imidazole rings is 2. The molecule has 3 heterocycles. The van der Waals surface area contributed by atoms with Crippen LogP contribution < -0.4 is 24.8 Å². The predicted octanol–water partition coefficient (Wildman–Crippen LogP) is 10.1. The molecule has 0 bridgehead atoms. The van der Waals surface area contributed by atoms with Crippen LogP contribution in [0.4, 0.5) is 0 Å². The van der Waals surface area contributed by atoms with E-state index in [0.29, 0.717) is 0 Å². The molecule has 0 saturated carbocycles. The zero-order chi connectivity index (χ0) is 38.9. The summed E-state index contributed by atoms with van der Waals surface area (Å²) in [5.41, 5.74) is 6.36. The Hall–Kier alpha value is -2.37. The zero-order valence-corrected chi connectivity index (χ0v) is 39.5. The SMILES string of the molecule is CCCCCCCCCCCCCCCCn1c(-c2cccc(-c3nc4ccccc4n3CCCCCCCCCCCCCCCC)n2)nc2ccccc21.[Cl-].[Cl-].[Fe+2]. The van der Waals surface area contributed by atoms with Crippen LogP contribution in [0.5, 0.6) is 0 Å². The van der Waals surface area contributed by atoms with Crippen molar-refractivity contribution in [2.45, 2.75) is 207 Å². The van der Waals surface area contributed by atoms with Gasteiger partial charge < -0.3 is 33.9 Å². The van der Waals surface area contributed by atoms with E-state index in [4.69, 9.17) is 15.0 Å². The molecule has 0 atom stereocenters. The van der Waals surface area contributed by atoms with Gasteiger partial charge in [-0.15, -0.1) is 0 Å². The second-order valence-corrected chi connectivity index (χ2v) is 16.8. The second kappa shape index (κ2) is 32.4. The average Bonchev–Trinajstić information content (AvgIpc) is 3.79. The van der Waals surface area contributed by atoms with Gasteiger partial charge in [-0.3, -0.25) is 0 Å². The van der Waals surface area contributed by atoms with Gasteiger partial charge in [0.2, 0.25) is 0 Å². The molecule has 0 saturated heterocycles. The first-order chi connectivity index (χ1) is 27.8. The molecule has 0 aliphatic carbocycles. The van der Waals surface area contributed by atoms with Crippen molar-refractivity contribution >= 4 is 22.1 Å². The number of nitrogens with zero attached hydrogens (tertiary/aromatic N) is 5. The van der Waals surface area contributed by atoms with Gasteiger partial charge in [0.25, 0.3) is 0 Å². The minimum atomic E-state index is 0. The van der Waals surface area contributed by atoms with Gasteiger partial charge in [-0.25, -0.2) is 15.0 Å². The molecule has 0 fully saturated rings. The molecule has 0 N–H and O–H groups in total. The van der Waals surface area contributed by atoms with Gasteiger partial charge in [0, 0.05) is 13.1 Å². The van der Waals surface area contributed by atoms with Gasteiger partial charge >= 0.3 is 17.1 Å². The summed E-state index contributed by atoms with van der Waals surface area (Å²) in [6.45, 7) is 6.54. The number of hydrogen-bond donors (Lipinski definition) is 0. The van der Waals surface area contributed by atoms with Gasteiger partial charge in [0.15, 0.2) is 11.6 Å². The van der Waals surface area contributed by atoms with E-state index in [0.717, 1.165) is 47.2 Å². The number of aromatic nitrogens is 5. The first kappa shape index (κ1) is 52.8. The molecule has 0 spiro atoms. The number of rotatable bonds is 32. The van der Waals surface area contributed by atoms with Gasteiger partial charge in [-0.05, 0) is 49.2 Å². The second-order valence-electron chi connectivity index (χ2n) is 16.8. The molecule has 0 unspecified atom stereocenters. The van der Waals surface area contributed by atoms with E-state index in [1.54, 1.807) is 0 Å². The summed E-state index contributed by atoms with van der Waals surface area (Å²) >= 11 is 0. The minimum Gasteiger partial charge on any atom is -1.00 e. The predicted molar refractivity (Wildman–Crippen MR) is 242 cm³/mol. The van der Waals surface area contributed by atoms with Crippen LogP contribution in [0.3, 0.4) is 0 Å². The van der Waals surface area contributed by atoms with E-state index >= 15 is 0 Å². The Morgan fingerprint density at radius 2 is 0.627 bits per heavy atom. The monoisotopic (exact) mass is 885 g/mol. The number of para-hydroxylation sites is 4. The standard InChI is InChI=1S/C51H77N5.2ClH.Fe/c1-3-5-7-9-11-13-15-17-19-21-23-25-27-33-42-55-48-40-31-29-36-44(48)53-50(55)46-38-35-39-47(52-46)51-54-45-37-30-32-41-49(45)56(51)43-34-28-26-24-22-20-18-16-14-12-10-8-6-4-2;;;/h29-32,35-41H,3-28,33-34,42-43H2,1-2H3;2*1H;/q;;;+2/p-2. The molecule has 3 aromatic heterocycles. The fourth-order valence-electron chi connectivity index (χ4n) is 8.61. The average molecular weight is 887 g/mol. The molecule has 5 aromatic rings. The summed E-state index contributed by atoms with van der Waals surface area (Å²) in [7, 11) is 0. The Morgan fingerprint density at radius 3 is 0.949 bits per heavy atom. The third-order valence-corrected chi connectivity index (χ3v) is 12.0. The quantitative estimate of drug-likeness (QED) is 0.0319. The van der Waals surface area contributed by atoms with E-state index in [2.05, 4.69) is 89.7 Å². The van der Waals surface area contributed by atoms with Crippen molar-refractivity contribution in [2.24, 2.45) is 0 Å². The Morgan fingerprint density at radius 1 is 0.339 bits per heavy atom. The summed E-state index contributed by atoms with van der Waals surface area (Å²) in [6, 6.07) is 23.6. The van der Waals surface area contributed by atoms with Crippen LogP contribution in [0.25, 0.3) is 45.1 Å². The molecular formula is C51H77Cl2FeN5. The summed E-state index contributed by atoms with van der Waals surface area (Å²) in [4.78, 5) is 15.6. The molecule has 5 rings (SSSR count). The number of halogens is 2. The molecule has 0 aliphatic rings. The number of benzene rings is 2. The maximum absolute atomic E-state index is 5.29. The van der Waals surface area contributed by atoms with Crippen molar-refractivity contribution in [3.8, 4) is 23.0 Å². The third kappa shape index (κ3) is 18.3. The smallest absolute Gasteiger partial charge is 1.00 e. The van der Waals surface area contributed by atoms with Crippen molar-refractivity contribution in [3.63, 3.8) is 0 Å². The normalized spacial score (nSPS) is 11.2. The summed E-state index contributed by atoms with van der Waals surface area (Å²) in [5, 5.41) is 0. The summed E-state index contributed by atoms with van der Waals surface area (Å²) in [5.74, 6) is 1.94. The minimum absolute atomic E-state index is 0. The first-order valence-corrected chi connectivity index (χ1v) is 23.7. The van der Waals surface area contributed by atoms with Crippen LogP contribution in [-0.4, -0.2) is 24.1 Å². The van der Waals surface area contributed by atoms with E-state index < -0.39 is 0 Å². The largest absolute Gasteiger partial charge is 2.00 e. The summed E-state index contributed by atoms with van der Waals surface area (Å²) < 4.78 is 4.83. The molecule has 328 valence electrons. The Bertz CT molecular complexity index is 1660. The van der Waals surface area contributed by atoms with Crippen LogP contribution in [0.15, 0.2) is 66.7 Å². The van der Waals surface area contributed by atoms with Gasteiger partial charge in [-0.1, -0.05) is 211 Å². The molecule has 5 nitrogen and oxygen atoms in total. The summed E-state index contributed by atoms with van der Waals surface area (Å²) in [6.07, 6.45) is 38.5. The van der Waals surface area contributed by atoms with Crippen molar-refractivity contribution in [3.05, 3.63) is 66.7 Å². The molecule has 0 amide bonds. The number of fused-ring (bicyclic) bond motifs is 2. The van der Waals surface area contributed by atoms with E-state index in [-0.39, 0.29) is 41.9 Å².